The summed E-state index contributed by atoms with van der Waals surface area (Å²) in [5.74, 6) is -0.243. The number of amidine groups is 1. The van der Waals surface area contributed by atoms with Gasteiger partial charge in [0.05, 0.1) is 156 Å². The number of hydroxylamine groups is 2. The highest BCUT2D eigenvalue weighted by atomic mass is 32.2. The smallest absolute Gasteiger partial charge is 0.308 e. The molecule has 2 aromatic carbocycles. The number of benzene rings is 2. The van der Waals surface area contributed by atoms with E-state index in [2.05, 4.69) is 9.71 Å². The van der Waals surface area contributed by atoms with Crippen LogP contribution in [0.25, 0.3) is 17.2 Å². The predicted molar refractivity (Wildman–Crippen MR) is 263 cm³/mol. The minimum Gasteiger partial charge on any atom is -0.460 e. The first-order valence-corrected chi connectivity index (χ1v) is 25.5. The van der Waals surface area contributed by atoms with Gasteiger partial charge in [-0.05, 0) is 69.5 Å². The topological polar surface area (TPSA) is 233 Å². The minimum atomic E-state index is -3.82. The molecule has 2 aromatic rings. The number of esters is 1. The molecule has 1 amide bonds. The highest BCUT2D eigenvalue weighted by Gasteiger charge is 2.23. The molecule has 70 heavy (non-hydrogen) atoms. The molecule has 0 unspecified atom stereocenters. The summed E-state index contributed by atoms with van der Waals surface area (Å²) in [6.45, 7) is 18.3. The van der Waals surface area contributed by atoms with E-state index in [0.29, 0.717) is 156 Å². The van der Waals surface area contributed by atoms with Crippen LogP contribution in [0.5, 0.6) is 0 Å². The zero-order chi connectivity index (χ0) is 50.7. The highest BCUT2D eigenvalue weighted by molar-refractivity contribution is 7.89. The number of ether oxygens (including phenoxy) is 11. The Morgan fingerprint density at radius 2 is 1.13 bits per heavy atom. The van der Waals surface area contributed by atoms with E-state index in [4.69, 9.17) is 62.7 Å². The molecule has 0 fully saturated rings. The Morgan fingerprint density at radius 3 is 1.60 bits per heavy atom. The Labute approximate surface area is 414 Å². The van der Waals surface area contributed by atoms with Crippen molar-refractivity contribution < 1.29 is 74.9 Å². The lowest BCUT2D eigenvalue weighted by Gasteiger charge is -2.21. The van der Waals surface area contributed by atoms with E-state index in [-0.39, 0.29) is 48.6 Å². The van der Waals surface area contributed by atoms with Crippen molar-refractivity contribution in [3.63, 3.8) is 0 Å². The molecule has 20 nitrogen and oxygen atoms in total. The third-order valence-corrected chi connectivity index (χ3v) is 10.9. The molecule has 396 valence electrons. The summed E-state index contributed by atoms with van der Waals surface area (Å²) in [6.07, 6.45) is 2.91. The van der Waals surface area contributed by atoms with Gasteiger partial charge in [0, 0.05) is 30.6 Å². The van der Waals surface area contributed by atoms with Crippen molar-refractivity contribution in [1.82, 2.24) is 9.79 Å². The second-order valence-electron chi connectivity index (χ2n) is 16.4. The molecule has 1 aliphatic rings. The number of hydrogen-bond acceptors (Lipinski definition) is 18. The molecule has 0 spiro atoms. The molecule has 21 heteroatoms. The predicted octanol–water partition coefficient (Wildman–Crippen LogP) is 4.50. The summed E-state index contributed by atoms with van der Waals surface area (Å²) < 4.78 is 89.0. The summed E-state index contributed by atoms with van der Waals surface area (Å²) in [7, 11) is -3.82. The van der Waals surface area contributed by atoms with E-state index in [9.17, 15) is 18.0 Å². The first kappa shape index (κ1) is 60.4. The maximum atomic E-state index is 13.2. The van der Waals surface area contributed by atoms with Gasteiger partial charge >= 0.3 is 5.97 Å². The summed E-state index contributed by atoms with van der Waals surface area (Å²) >= 11 is 0. The van der Waals surface area contributed by atoms with Crippen molar-refractivity contribution in [2.75, 3.05) is 152 Å². The van der Waals surface area contributed by atoms with Crippen molar-refractivity contribution in [3.05, 3.63) is 53.6 Å². The van der Waals surface area contributed by atoms with Crippen LogP contribution in [0.4, 0.5) is 5.69 Å². The maximum absolute atomic E-state index is 13.2. The lowest BCUT2D eigenvalue weighted by Crippen LogP contribution is -2.34. The van der Waals surface area contributed by atoms with Crippen molar-refractivity contribution >= 4 is 39.5 Å². The fourth-order valence-electron chi connectivity index (χ4n) is 6.26. The highest BCUT2D eigenvalue weighted by Crippen LogP contribution is 2.33. The largest absolute Gasteiger partial charge is 0.460 e. The number of amides is 1. The molecule has 3 N–H and O–H groups in total. The molecule has 0 saturated carbocycles. The van der Waals surface area contributed by atoms with Gasteiger partial charge < -0.3 is 57.8 Å². The molecule has 0 aromatic heterocycles. The Morgan fingerprint density at radius 1 is 0.657 bits per heavy atom. The number of aliphatic imine (C=N–C) groups is 1. The standard InChI is InChI=1S/C49H78N4O16S/c1-6-15-53(68-7-2)48(55)43-36-42-12-11-41(38-45(42)52-46(50)39-43)40-9-8-10-44(37-40)70(56,57)51-14-17-59-19-21-61-23-25-63-27-29-65-31-33-67-35-34-66-32-30-64-28-26-62-24-22-60-20-18-58-16-13-47(54)69-49(3,4)5/h8-12,36-38,51H,6-7,13-35,39H2,1-5H3,(H2,50,52). The van der Waals surface area contributed by atoms with Gasteiger partial charge in [0.25, 0.3) is 5.91 Å². The van der Waals surface area contributed by atoms with E-state index in [1.807, 2.05) is 58.9 Å². The Hall–Kier alpha value is -3.94. The number of nitrogens with zero attached hydrogens (tertiary/aromatic N) is 2. The Bertz CT molecular complexity index is 1940. The van der Waals surface area contributed by atoms with E-state index in [0.717, 1.165) is 17.5 Å². The van der Waals surface area contributed by atoms with Crippen molar-refractivity contribution in [1.29, 1.82) is 0 Å². The summed E-state index contributed by atoms with van der Waals surface area (Å²) in [5.41, 5.74) is 8.94. The SMILES string of the molecule is CCCN(OCC)C(=O)C1=Cc2ccc(-c3cccc(S(=O)(=O)NCCOCCOCCOCCOCCOCCOCCOCCOCCOCCOCCC(=O)OC(C)(C)C)c3)cc2N=C(N)C1. The average Bonchev–Trinajstić information content (AvgIpc) is 3.49. The van der Waals surface area contributed by atoms with E-state index < -0.39 is 15.6 Å². The number of sulfonamides is 1. The second kappa shape index (κ2) is 36.0. The van der Waals surface area contributed by atoms with Gasteiger partial charge in [-0.1, -0.05) is 31.2 Å². The molecule has 0 saturated heterocycles. The van der Waals surface area contributed by atoms with E-state index >= 15 is 0 Å². The fourth-order valence-corrected chi connectivity index (χ4v) is 7.31. The first-order valence-electron chi connectivity index (χ1n) is 24.0. The molecule has 0 aliphatic carbocycles. The number of nitrogens with one attached hydrogen (secondary N) is 1. The molecule has 1 aliphatic heterocycles. The van der Waals surface area contributed by atoms with E-state index in [1.54, 1.807) is 18.2 Å². The van der Waals surface area contributed by atoms with Crippen LogP contribution in [0.3, 0.4) is 0 Å². The Balaban J connectivity index is 1.10. The quantitative estimate of drug-likeness (QED) is 0.0531. The van der Waals surface area contributed by atoms with Crippen LogP contribution in [0, 0.1) is 0 Å². The minimum absolute atomic E-state index is 0.0843. The second-order valence-corrected chi connectivity index (χ2v) is 18.2. The van der Waals surface area contributed by atoms with Crippen LogP contribution in [0.15, 0.2) is 57.9 Å². The number of fused-ring (bicyclic) bond motifs is 1. The summed E-state index contributed by atoms with van der Waals surface area (Å²) in [5, 5.41) is 1.36. The van der Waals surface area contributed by atoms with Crippen LogP contribution in [-0.4, -0.2) is 189 Å². The van der Waals surface area contributed by atoms with Gasteiger partial charge in [0.1, 0.15) is 11.4 Å². The van der Waals surface area contributed by atoms with Gasteiger partial charge in [-0.2, -0.15) is 0 Å². The van der Waals surface area contributed by atoms with Crippen molar-refractivity contribution in [3.8, 4) is 11.1 Å². The number of nitrogens with two attached hydrogens (primary N) is 1. The van der Waals surface area contributed by atoms with Crippen LogP contribution >= 0.6 is 0 Å². The average molecular weight is 1010 g/mol. The monoisotopic (exact) mass is 1010 g/mol. The zero-order valence-corrected chi connectivity index (χ0v) is 42.7. The van der Waals surface area contributed by atoms with Crippen LogP contribution in [0.2, 0.25) is 0 Å². The fraction of sp³-hybridized carbons (Fsp3) is 0.653. The first-order chi connectivity index (χ1) is 33.8. The number of hydrogen-bond donors (Lipinski definition) is 2. The van der Waals surface area contributed by atoms with Crippen molar-refractivity contribution in [2.45, 2.75) is 64.4 Å². The molecule has 1 heterocycles. The van der Waals surface area contributed by atoms with Gasteiger partial charge in [0.15, 0.2) is 0 Å². The van der Waals surface area contributed by atoms with Gasteiger partial charge in [-0.15, -0.1) is 0 Å². The molecule has 3 rings (SSSR count). The summed E-state index contributed by atoms with van der Waals surface area (Å²) in [6, 6.07) is 12.2. The molecule has 0 radical (unpaired) electrons. The Kier molecular flexibility index (Phi) is 31.1. The lowest BCUT2D eigenvalue weighted by molar-refractivity contribution is -0.180. The van der Waals surface area contributed by atoms with Crippen LogP contribution in [0.1, 0.15) is 59.4 Å². The van der Waals surface area contributed by atoms with E-state index in [1.165, 1.54) is 11.1 Å². The van der Waals surface area contributed by atoms with Gasteiger partial charge in [-0.25, -0.2) is 23.2 Å². The van der Waals surface area contributed by atoms with Crippen molar-refractivity contribution in [2.24, 2.45) is 10.7 Å². The third-order valence-electron chi connectivity index (χ3n) is 9.44. The molecular formula is C49H78N4O16S. The van der Waals surface area contributed by atoms with Crippen LogP contribution in [-0.2, 0) is 76.6 Å². The van der Waals surface area contributed by atoms with Crippen LogP contribution < -0.4 is 10.5 Å². The lowest BCUT2D eigenvalue weighted by atomic mass is 10.0. The third kappa shape index (κ3) is 27.0. The maximum Gasteiger partial charge on any atom is 0.308 e. The molecule has 0 bridgehead atoms. The van der Waals surface area contributed by atoms with Gasteiger partial charge in [0.2, 0.25) is 10.0 Å². The zero-order valence-electron chi connectivity index (χ0n) is 41.9. The normalized spacial score (nSPS) is 12.9. The summed E-state index contributed by atoms with van der Waals surface area (Å²) in [4.78, 5) is 35.1. The number of carbonyl (C=O) groups is 2. The molecule has 0 atom stereocenters. The molecular weight excluding hydrogens is 933 g/mol. The van der Waals surface area contributed by atoms with Gasteiger partial charge in [-0.3, -0.25) is 14.4 Å². The number of carbonyl (C=O) groups excluding carboxylic acids is 2. The number of rotatable bonds is 41.